The highest BCUT2D eigenvalue weighted by Crippen LogP contribution is 2.44. The average molecular weight is 460 g/mol. The van der Waals surface area contributed by atoms with Crippen LogP contribution in [0.4, 0.5) is 4.79 Å². The fourth-order valence-corrected chi connectivity index (χ4v) is 5.11. The zero-order valence-corrected chi connectivity index (χ0v) is 19.5. The lowest BCUT2D eigenvalue weighted by Gasteiger charge is -2.38. The van der Waals surface area contributed by atoms with E-state index in [0.29, 0.717) is 44.0 Å². The Morgan fingerprint density at radius 2 is 1.44 bits per heavy atom. The first-order valence-electron chi connectivity index (χ1n) is 11.6. The van der Waals surface area contributed by atoms with Gasteiger partial charge in [-0.25, -0.2) is 4.79 Å². The number of carbonyl (C=O) groups is 1. The number of nitrogens with zero attached hydrogens (tertiary/aromatic N) is 1. The summed E-state index contributed by atoms with van der Waals surface area (Å²) in [6, 6.07) is 22.0. The minimum absolute atomic E-state index is 0.0299. The van der Waals surface area contributed by atoms with Gasteiger partial charge in [0.25, 0.3) is 0 Å². The van der Waals surface area contributed by atoms with Gasteiger partial charge in [0, 0.05) is 25.1 Å². The number of amides is 1. The van der Waals surface area contributed by atoms with E-state index < -0.39 is 5.60 Å². The second-order valence-corrected chi connectivity index (χ2v) is 8.92. The molecule has 34 heavy (non-hydrogen) atoms. The highest BCUT2D eigenvalue weighted by Gasteiger charge is 2.37. The lowest BCUT2D eigenvalue weighted by molar-refractivity contribution is -0.0252. The van der Waals surface area contributed by atoms with E-state index in [-0.39, 0.29) is 12.0 Å². The number of hydrogen-bond donors (Lipinski definition) is 1. The minimum atomic E-state index is -1.05. The molecule has 1 N–H and O–H groups in total. The van der Waals surface area contributed by atoms with Crippen LogP contribution in [0.2, 0.25) is 0 Å². The number of aliphatic hydroxyl groups is 1. The molecule has 1 amide bonds. The molecule has 0 atom stereocenters. The molecule has 5 rings (SSSR count). The third-order valence-electron chi connectivity index (χ3n) is 7.07. The standard InChI is InChI=1S/C28H29NO5/c1-32-20-15-19(16-21(17-20)33-2)28(31)11-13-29(14-12-28)27(30)34-18-26-24-9-5-3-7-22(24)23-8-4-6-10-25(23)26/h3-10,15-17,26,31H,11-14,18H2,1-2H3. The number of methoxy groups -OCH3 is 2. The van der Waals surface area contributed by atoms with Crippen LogP contribution in [0.5, 0.6) is 11.5 Å². The van der Waals surface area contributed by atoms with Gasteiger partial charge >= 0.3 is 6.09 Å². The van der Waals surface area contributed by atoms with Gasteiger partial charge in [-0.15, -0.1) is 0 Å². The molecule has 3 aromatic carbocycles. The largest absolute Gasteiger partial charge is 0.497 e. The number of piperidine rings is 1. The van der Waals surface area contributed by atoms with E-state index in [9.17, 15) is 9.90 Å². The zero-order valence-electron chi connectivity index (χ0n) is 19.5. The van der Waals surface area contributed by atoms with Gasteiger partial charge in [0.1, 0.15) is 18.1 Å². The van der Waals surface area contributed by atoms with E-state index in [1.165, 1.54) is 22.3 Å². The van der Waals surface area contributed by atoms with Crippen LogP contribution in [-0.2, 0) is 10.3 Å². The maximum Gasteiger partial charge on any atom is 0.409 e. The number of ether oxygens (including phenoxy) is 3. The van der Waals surface area contributed by atoms with Crippen molar-refractivity contribution >= 4 is 6.09 Å². The smallest absolute Gasteiger partial charge is 0.409 e. The molecule has 0 aromatic heterocycles. The Bertz CT molecular complexity index is 1130. The Labute approximate surface area is 199 Å². The Morgan fingerprint density at radius 3 is 1.97 bits per heavy atom. The molecule has 3 aromatic rings. The molecule has 0 radical (unpaired) electrons. The molecule has 1 heterocycles. The Morgan fingerprint density at radius 1 is 0.912 bits per heavy atom. The number of rotatable bonds is 5. The maximum atomic E-state index is 12.9. The summed E-state index contributed by atoms with van der Waals surface area (Å²) >= 11 is 0. The van der Waals surface area contributed by atoms with Gasteiger partial charge < -0.3 is 24.2 Å². The fourth-order valence-electron chi connectivity index (χ4n) is 5.11. The van der Waals surface area contributed by atoms with Gasteiger partial charge in [-0.1, -0.05) is 48.5 Å². The molecule has 1 aliphatic carbocycles. The van der Waals surface area contributed by atoms with Crippen molar-refractivity contribution in [3.8, 4) is 22.6 Å². The quantitative estimate of drug-likeness (QED) is 0.586. The van der Waals surface area contributed by atoms with E-state index >= 15 is 0 Å². The fraction of sp³-hybridized carbons (Fsp3) is 0.321. The highest BCUT2D eigenvalue weighted by atomic mass is 16.6. The van der Waals surface area contributed by atoms with Gasteiger partial charge in [-0.3, -0.25) is 0 Å². The third-order valence-corrected chi connectivity index (χ3v) is 7.07. The second kappa shape index (κ2) is 9.03. The lowest BCUT2D eigenvalue weighted by atomic mass is 9.84. The summed E-state index contributed by atoms with van der Waals surface area (Å²) in [4.78, 5) is 14.6. The van der Waals surface area contributed by atoms with E-state index in [1.807, 2.05) is 36.4 Å². The molecule has 1 saturated heterocycles. The molecule has 1 fully saturated rings. The van der Waals surface area contributed by atoms with E-state index in [4.69, 9.17) is 14.2 Å². The third kappa shape index (κ3) is 3.99. The summed E-state index contributed by atoms with van der Waals surface area (Å²) < 4.78 is 16.5. The Hall–Kier alpha value is -3.51. The first-order valence-corrected chi connectivity index (χ1v) is 11.6. The molecule has 0 spiro atoms. The summed E-state index contributed by atoms with van der Waals surface area (Å²) in [7, 11) is 3.17. The van der Waals surface area contributed by atoms with Crippen molar-refractivity contribution in [3.63, 3.8) is 0 Å². The van der Waals surface area contributed by atoms with Gasteiger partial charge in [-0.05, 0) is 52.8 Å². The van der Waals surface area contributed by atoms with Crippen LogP contribution >= 0.6 is 0 Å². The van der Waals surface area contributed by atoms with Crippen LogP contribution in [0.1, 0.15) is 35.4 Å². The molecule has 6 nitrogen and oxygen atoms in total. The van der Waals surface area contributed by atoms with E-state index in [2.05, 4.69) is 24.3 Å². The number of benzene rings is 3. The molecule has 2 aliphatic rings. The number of fused-ring (bicyclic) bond motifs is 3. The zero-order chi connectivity index (χ0) is 23.7. The normalized spacial score (nSPS) is 16.5. The van der Waals surface area contributed by atoms with E-state index in [1.54, 1.807) is 25.2 Å². The summed E-state index contributed by atoms with van der Waals surface area (Å²) in [5.74, 6) is 1.28. The Kier molecular flexibility index (Phi) is 5.92. The van der Waals surface area contributed by atoms with E-state index in [0.717, 1.165) is 5.56 Å². The second-order valence-electron chi connectivity index (χ2n) is 8.92. The van der Waals surface area contributed by atoms with Gasteiger partial charge in [0.15, 0.2) is 0 Å². The molecule has 0 bridgehead atoms. The number of carbonyl (C=O) groups excluding carboxylic acids is 1. The van der Waals surface area contributed by atoms with Crippen molar-refractivity contribution in [2.75, 3.05) is 33.9 Å². The van der Waals surface area contributed by atoms with Crippen LogP contribution in [0.15, 0.2) is 66.7 Å². The average Bonchev–Trinajstić information content (AvgIpc) is 3.21. The minimum Gasteiger partial charge on any atom is -0.497 e. The molecule has 176 valence electrons. The summed E-state index contributed by atoms with van der Waals surface area (Å²) in [5, 5.41) is 11.3. The molecule has 6 heteroatoms. The van der Waals surface area contributed by atoms with Crippen molar-refractivity contribution in [2.24, 2.45) is 0 Å². The van der Waals surface area contributed by atoms with Crippen molar-refractivity contribution in [3.05, 3.63) is 83.4 Å². The SMILES string of the molecule is COc1cc(OC)cc(C2(O)CCN(C(=O)OCC3c4ccccc4-c4ccccc43)CC2)c1. The predicted octanol–water partition coefficient (Wildman–Crippen LogP) is 4.94. The van der Waals surface area contributed by atoms with Crippen LogP contribution in [-0.4, -0.2) is 50.0 Å². The monoisotopic (exact) mass is 459 g/mol. The molecule has 0 saturated carbocycles. The molecular weight excluding hydrogens is 430 g/mol. The molecule has 0 unspecified atom stereocenters. The summed E-state index contributed by atoms with van der Waals surface area (Å²) in [5.41, 5.74) is 4.47. The van der Waals surface area contributed by atoms with Crippen LogP contribution in [0, 0.1) is 0 Å². The summed E-state index contributed by atoms with van der Waals surface area (Å²) in [6.07, 6.45) is 0.480. The van der Waals surface area contributed by atoms with Crippen molar-refractivity contribution in [1.29, 1.82) is 0 Å². The van der Waals surface area contributed by atoms with Crippen molar-refractivity contribution in [2.45, 2.75) is 24.4 Å². The molecule has 1 aliphatic heterocycles. The number of likely N-dealkylation sites (tertiary alicyclic amines) is 1. The van der Waals surface area contributed by atoms with Crippen molar-refractivity contribution in [1.82, 2.24) is 4.90 Å². The maximum absolute atomic E-state index is 12.9. The molecular formula is C28H29NO5. The van der Waals surface area contributed by atoms with Crippen LogP contribution < -0.4 is 9.47 Å². The predicted molar refractivity (Wildman–Crippen MR) is 129 cm³/mol. The number of hydrogen-bond acceptors (Lipinski definition) is 5. The van der Waals surface area contributed by atoms with Gasteiger partial charge in [0.05, 0.1) is 19.8 Å². The van der Waals surface area contributed by atoms with Gasteiger partial charge in [-0.2, -0.15) is 0 Å². The van der Waals surface area contributed by atoms with Crippen molar-refractivity contribution < 1.29 is 24.1 Å². The van der Waals surface area contributed by atoms with Crippen LogP contribution in [0.25, 0.3) is 11.1 Å². The first-order chi connectivity index (χ1) is 16.5. The Balaban J connectivity index is 1.24. The lowest BCUT2D eigenvalue weighted by Crippen LogP contribution is -2.45. The highest BCUT2D eigenvalue weighted by molar-refractivity contribution is 5.79. The van der Waals surface area contributed by atoms with Crippen LogP contribution in [0.3, 0.4) is 0 Å². The topological polar surface area (TPSA) is 68.2 Å². The first kappa shape index (κ1) is 22.3. The van der Waals surface area contributed by atoms with Gasteiger partial charge in [0.2, 0.25) is 0 Å². The summed E-state index contributed by atoms with van der Waals surface area (Å²) in [6.45, 7) is 1.11.